The first-order valence-corrected chi connectivity index (χ1v) is 8.93. The molecule has 1 N–H and O–H groups in total. The van der Waals surface area contributed by atoms with Gasteiger partial charge in [0.1, 0.15) is 17.2 Å². The molecule has 0 aliphatic heterocycles. The predicted octanol–water partition coefficient (Wildman–Crippen LogP) is 3.73. The van der Waals surface area contributed by atoms with Gasteiger partial charge in [-0.1, -0.05) is 28.5 Å². The summed E-state index contributed by atoms with van der Waals surface area (Å²) in [7, 11) is 0. The fourth-order valence-electron chi connectivity index (χ4n) is 2.67. The molecule has 0 bridgehead atoms. The zero-order chi connectivity index (χ0) is 21.0. The molecule has 0 saturated heterocycles. The molecule has 0 saturated carbocycles. The number of ketones is 1. The Balaban J connectivity index is 1.85. The van der Waals surface area contributed by atoms with E-state index in [2.05, 4.69) is 36.0 Å². The number of benzene rings is 2. The van der Waals surface area contributed by atoms with Crippen molar-refractivity contribution in [3.8, 4) is 0 Å². The molecule has 11 heteroatoms. The number of Topliss-reactive ketones (excluding diaryl/α,β-unsaturated/α-hetero) is 1. The zero-order valence-corrected chi connectivity index (χ0v) is 16.2. The first-order valence-electron chi connectivity index (χ1n) is 8.14. The van der Waals surface area contributed by atoms with Crippen LogP contribution >= 0.6 is 15.9 Å². The molecule has 148 valence electrons. The van der Waals surface area contributed by atoms with Crippen LogP contribution in [0.3, 0.4) is 0 Å². The van der Waals surface area contributed by atoms with Crippen molar-refractivity contribution < 1.29 is 23.9 Å². The lowest BCUT2D eigenvalue weighted by Crippen LogP contribution is -2.13. The van der Waals surface area contributed by atoms with Gasteiger partial charge in [0.25, 0.3) is 5.69 Å². The Hall–Kier alpha value is -3.47. The van der Waals surface area contributed by atoms with Gasteiger partial charge in [0, 0.05) is 12.5 Å². The number of aromatic nitrogens is 2. The maximum Gasteiger partial charge on any atom is 0.280 e. The monoisotopic (exact) mass is 462 g/mol. The van der Waals surface area contributed by atoms with E-state index in [1.54, 1.807) is 0 Å². The highest BCUT2D eigenvalue weighted by atomic mass is 79.9. The molecule has 0 fully saturated rings. The number of rotatable bonds is 7. The van der Waals surface area contributed by atoms with Crippen LogP contribution in [-0.4, -0.2) is 31.9 Å². The Kier molecular flexibility index (Phi) is 6.07. The van der Waals surface area contributed by atoms with Crippen molar-refractivity contribution in [1.29, 1.82) is 0 Å². The predicted molar refractivity (Wildman–Crippen MR) is 102 cm³/mol. The number of oxime groups is 1. The Morgan fingerprint density at radius 3 is 2.69 bits per heavy atom. The lowest BCUT2D eigenvalue weighted by atomic mass is 10.0. The summed E-state index contributed by atoms with van der Waals surface area (Å²) in [6.45, 7) is 0. The van der Waals surface area contributed by atoms with Crippen LogP contribution in [0, 0.1) is 15.9 Å². The van der Waals surface area contributed by atoms with Gasteiger partial charge >= 0.3 is 0 Å². The highest BCUT2D eigenvalue weighted by Crippen LogP contribution is 2.22. The molecule has 29 heavy (non-hydrogen) atoms. The molecular weight excluding hydrogens is 451 g/mol. The summed E-state index contributed by atoms with van der Waals surface area (Å²) in [4.78, 5) is 23.1. The molecule has 0 aliphatic rings. The summed E-state index contributed by atoms with van der Waals surface area (Å²) >= 11 is 3.07. The van der Waals surface area contributed by atoms with Gasteiger partial charge in [-0.25, -0.2) is 9.02 Å². The quantitative estimate of drug-likeness (QED) is 0.186. The maximum absolute atomic E-state index is 13.4. The van der Waals surface area contributed by atoms with Gasteiger partial charge in [-0.3, -0.25) is 14.9 Å². The lowest BCUT2D eigenvalue weighted by molar-refractivity contribution is -0.385. The standard InChI is InChI=1S/C18H12BrFN4O5/c19-12-7-10(5-6-13(12)20)8-14(21-26)18-15(22-29-23-18)9-17(25)11-3-1-2-4-16(11)24(27)28/h1-7,26H,8-9H2. The minimum atomic E-state index is -0.651. The van der Waals surface area contributed by atoms with E-state index >= 15 is 0 Å². The molecule has 0 atom stereocenters. The Labute approximate surface area is 171 Å². The van der Waals surface area contributed by atoms with Gasteiger partial charge in [-0.15, -0.1) is 0 Å². The number of carbonyl (C=O) groups is 1. The van der Waals surface area contributed by atoms with Crippen LogP contribution in [0.4, 0.5) is 10.1 Å². The molecule has 0 spiro atoms. The van der Waals surface area contributed by atoms with Crippen LogP contribution in [0.2, 0.25) is 0 Å². The van der Waals surface area contributed by atoms with Crippen molar-refractivity contribution in [2.75, 3.05) is 0 Å². The van der Waals surface area contributed by atoms with Crippen LogP contribution < -0.4 is 0 Å². The van der Waals surface area contributed by atoms with E-state index in [0.717, 1.165) is 0 Å². The third-order valence-corrected chi connectivity index (χ3v) is 4.64. The van der Waals surface area contributed by atoms with Gasteiger partial charge in [-0.05, 0) is 44.8 Å². The van der Waals surface area contributed by atoms with E-state index in [0.29, 0.717) is 5.56 Å². The molecule has 2 aromatic carbocycles. The number of para-hydroxylation sites is 1. The molecule has 0 aliphatic carbocycles. The number of carbonyl (C=O) groups excluding carboxylic acids is 1. The number of nitro benzene ring substituents is 1. The molecule has 1 heterocycles. The van der Waals surface area contributed by atoms with Crippen LogP contribution in [0.25, 0.3) is 0 Å². The summed E-state index contributed by atoms with van der Waals surface area (Å²) in [5.74, 6) is -1.02. The Morgan fingerprint density at radius 1 is 1.24 bits per heavy atom. The maximum atomic E-state index is 13.4. The van der Waals surface area contributed by atoms with Crippen molar-refractivity contribution >= 4 is 33.1 Å². The minimum Gasteiger partial charge on any atom is -0.411 e. The van der Waals surface area contributed by atoms with E-state index in [1.807, 2.05) is 0 Å². The van der Waals surface area contributed by atoms with Gasteiger partial charge in [0.15, 0.2) is 11.5 Å². The molecule has 0 radical (unpaired) electrons. The number of halogens is 2. The minimum absolute atomic E-state index is 0.0277. The fraction of sp³-hybridized carbons (Fsp3) is 0.111. The second-order valence-electron chi connectivity index (χ2n) is 5.91. The Morgan fingerprint density at radius 2 is 2.00 bits per heavy atom. The second-order valence-corrected chi connectivity index (χ2v) is 6.76. The van der Waals surface area contributed by atoms with Gasteiger partial charge in [0.2, 0.25) is 0 Å². The summed E-state index contributed by atoms with van der Waals surface area (Å²) in [6, 6.07) is 9.77. The molecule has 9 nitrogen and oxygen atoms in total. The first-order chi connectivity index (χ1) is 13.9. The molecule has 0 unspecified atom stereocenters. The van der Waals surface area contributed by atoms with Gasteiger partial charge in [0.05, 0.1) is 21.4 Å². The summed E-state index contributed by atoms with van der Waals surface area (Å²) in [5, 5.41) is 31.1. The van der Waals surface area contributed by atoms with Gasteiger partial charge < -0.3 is 5.21 Å². The van der Waals surface area contributed by atoms with Crippen molar-refractivity contribution in [3.05, 3.63) is 85.4 Å². The number of nitrogens with zero attached hydrogens (tertiary/aromatic N) is 4. The van der Waals surface area contributed by atoms with Crippen LogP contribution in [0.15, 0.2) is 56.7 Å². The van der Waals surface area contributed by atoms with E-state index in [4.69, 9.17) is 0 Å². The van der Waals surface area contributed by atoms with Gasteiger partial charge in [-0.2, -0.15) is 0 Å². The van der Waals surface area contributed by atoms with Crippen molar-refractivity contribution in [2.45, 2.75) is 12.8 Å². The van der Waals surface area contributed by atoms with Crippen molar-refractivity contribution in [2.24, 2.45) is 5.16 Å². The second kappa shape index (κ2) is 8.69. The number of hydrogen-bond acceptors (Lipinski definition) is 8. The number of hydrogen-bond donors (Lipinski definition) is 1. The molecule has 1 aromatic heterocycles. The Bertz CT molecular complexity index is 1120. The van der Waals surface area contributed by atoms with Crippen LogP contribution in [0.5, 0.6) is 0 Å². The first kappa shape index (κ1) is 20.3. The highest BCUT2D eigenvalue weighted by molar-refractivity contribution is 9.10. The molecule has 3 aromatic rings. The summed E-state index contributed by atoms with van der Waals surface area (Å²) in [6.07, 6.45) is -0.300. The average Bonchev–Trinajstić information content (AvgIpc) is 3.16. The highest BCUT2D eigenvalue weighted by Gasteiger charge is 2.24. The number of nitro groups is 1. The normalized spacial score (nSPS) is 11.4. The third kappa shape index (κ3) is 4.51. The SMILES string of the molecule is O=C(Cc1nonc1C(Cc1ccc(F)c(Br)c1)=NO)c1ccccc1[N+](=O)[O-]. The lowest BCUT2D eigenvalue weighted by Gasteiger charge is -2.05. The van der Waals surface area contributed by atoms with E-state index in [1.165, 1.54) is 42.5 Å². The molecule has 0 amide bonds. The third-order valence-electron chi connectivity index (χ3n) is 4.04. The van der Waals surface area contributed by atoms with Crippen molar-refractivity contribution in [3.63, 3.8) is 0 Å². The zero-order valence-electron chi connectivity index (χ0n) is 14.6. The van der Waals surface area contributed by atoms with Crippen LogP contribution in [-0.2, 0) is 12.8 Å². The molecular formula is C18H12BrFN4O5. The average molecular weight is 463 g/mol. The summed E-state index contributed by atoms with van der Waals surface area (Å²) in [5.41, 5.74) is 0.307. The van der Waals surface area contributed by atoms with Crippen LogP contribution in [0.1, 0.15) is 27.3 Å². The van der Waals surface area contributed by atoms with E-state index in [9.17, 15) is 24.5 Å². The van der Waals surface area contributed by atoms with E-state index < -0.39 is 16.5 Å². The topological polar surface area (TPSA) is 132 Å². The smallest absolute Gasteiger partial charge is 0.280 e. The fourth-order valence-corrected chi connectivity index (χ4v) is 3.09. The summed E-state index contributed by atoms with van der Waals surface area (Å²) < 4.78 is 18.3. The van der Waals surface area contributed by atoms with Crippen molar-refractivity contribution in [1.82, 2.24) is 10.3 Å². The van der Waals surface area contributed by atoms with E-state index in [-0.39, 0.29) is 45.7 Å². The molecule has 3 rings (SSSR count). The largest absolute Gasteiger partial charge is 0.411 e.